The minimum atomic E-state index is -4.72. The number of hydrogen-bond donors (Lipinski definition) is 2. The molecule has 2 aliphatic rings. The molecule has 0 aliphatic carbocycles. The predicted molar refractivity (Wildman–Crippen MR) is 150 cm³/mol. The first kappa shape index (κ1) is 29.5. The van der Waals surface area contributed by atoms with Gasteiger partial charge in [-0.2, -0.15) is 23.7 Å². The number of benzene rings is 2. The molecule has 2 aliphatic heterocycles. The molecule has 0 bridgehead atoms. The molecule has 1 unspecified atom stereocenters. The molecular formula is C25H27F3IN7O4. The third-order valence-electron chi connectivity index (χ3n) is 6.24. The van der Waals surface area contributed by atoms with E-state index in [-0.39, 0.29) is 21.1 Å². The molecule has 2 heterocycles. The molecule has 4 rings (SSSR count). The fourth-order valence-electron chi connectivity index (χ4n) is 4.37. The lowest BCUT2D eigenvalue weighted by Gasteiger charge is -2.40. The number of carbonyl (C=O) groups excluding carboxylic acids is 2. The highest BCUT2D eigenvalue weighted by molar-refractivity contribution is 14.1. The molecule has 2 aromatic rings. The van der Waals surface area contributed by atoms with Crippen LogP contribution < -0.4 is 15.8 Å². The number of hydrogen-bond acceptors (Lipinski definition) is 10. The molecule has 1 fully saturated rings. The van der Waals surface area contributed by atoms with Crippen molar-refractivity contribution >= 4 is 55.5 Å². The van der Waals surface area contributed by atoms with Crippen molar-refractivity contribution in [1.29, 1.82) is 0 Å². The maximum atomic E-state index is 13.5. The Morgan fingerprint density at radius 3 is 2.30 bits per heavy atom. The molecule has 0 saturated carbocycles. The second kappa shape index (κ2) is 12.4. The number of halogens is 4. The second-order valence-electron chi connectivity index (χ2n) is 8.91. The van der Waals surface area contributed by atoms with Gasteiger partial charge in [0.1, 0.15) is 0 Å². The van der Waals surface area contributed by atoms with E-state index in [9.17, 15) is 22.8 Å². The largest absolute Gasteiger partial charge is 0.400 e. The monoisotopic (exact) mass is 673 g/mol. The summed E-state index contributed by atoms with van der Waals surface area (Å²) in [6, 6.07) is 14.9. The van der Waals surface area contributed by atoms with Crippen LogP contribution in [0.1, 0.15) is 18.9 Å². The molecule has 2 aromatic carbocycles. The maximum absolute atomic E-state index is 13.5. The van der Waals surface area contributed by atoms with Gasteiger partial charge < -0.3 is 19.7 Å². The third-order valence-corrected chi connectivity index (χ3v) is 6.91. The minimum absolute atomic E-state index is 0.00397. The number of methoxy groups -OCH3 is 1. The number of alkyl halides is 3. The molecule has 0 radical (unpaired) electrons. The fourth-order valence-corrected chi connectivity index (χ4v) is 4.81. The smallest absolute Gasteiger partial charge is 0.392 e. The van der Waals surface area contributed by atoms with Crippen LogP contribution in [-0.4, -0.2) is 71.2 Å². The zero-order valence-electron chi connectivity index (χ0n) is 21.6. The van der Waals surface area contributed by atoms with Crippen LogP contribution in [0, 0.1) is 0 Å². The zero-order valence-corrected chi connectivity index (χ0v) is 23.8. The SMILES string of the molecule is COC(CC(F)(F)F)(C(=O)OC1=NNN(N2CCN(c3ccccc3NC(C)=O)CC2)N=C1I)c1ccccc1. The van der Waals surface area contributed by atoms with Crippen LogP contribution in [0.2, 0.25) is 0 Å². The van der Waals surface area contributed by atoms with Gasteiger partial charge in [0, 0.05) is 40.2 Å². The number of amides is 1. The molecule has 214 valence electrons. The first-order valence-corrected chi connectivity index (χ1v) is 13.2. The van der Waals surface area contributed by atoms with Crippen LogP contribution in [0.3, 0.4) is 0 Å². The summed E-state index contributed by atoms with van der Waals surface area (Å²) in [7, 11) is 1.02. The second-order valence-corrected chi connectivity index (χ2v) is 9.94. The van der Waals surface area contributed by atoms with Crippen molar-refractivity contribution in [2.45, 2.75) is 25.1 Å². The van der Waals surface area contributed by atoms with Gasteiger partial charge in [-0.25, -0.2) is 4.79 Å². The number of rotatable bonds is 7. The summed E-state index contributed by atoms with van der Waals surface area (Å²) < 4.78 is 51.2. The Kier molecular flexibility index (Phi) is 9.15. The van der Waals surface area contributed by atoms with Crippen LogP contribution in [-0.2, 0) is 24.7 Å². The Morgan fingerprint density at radius 2 is 1.70 bits per heavy atom. The van der Waals surface area contributed by atoms with Crippen LogP contribution in [0.4, 0.5) is 24.5 Å². The van der Waals surface area contributed by atoms with E-state index in [1.807, 2.05) is 29.3 Å². The topological polar surface area (TPSA) is 111 Å². The van der Waals surface area contributed by atoms with Gasteiger partial charge in [0.15, 0.2) is 9.32 Å². The average molecular weight is 673 g/mol. The summed E-state index contributed by atoms with van der Waals surface area (Å²) >= 11 is 1.80. The van der Waals surface area contributed by atoms with E-state index in [0.717, 1.165) is 18.5 Å². The Hall–Kier alpha value is -3.44. The number of nitrogens with zero attached hydrogens (tertiary/aromatic N) is 5. The number of carbonyl (C=O) groups is 2. The number of piperazine rings is 1. The standard InChI is InChI=1S/C25H27F3IN7O4/c1-17(37)30-19-10-6-7-11-20(19)34-12-14-35(15-13-34)36-32-21(29)22(31-33-36)40-23(38)24(39-2,16-25(26,27)28)18-8-4-3-5-9-18/h3-11,33H,12-16H2,1-2H3,(H,30,37). The first-order chi connectivity index (χ1) is 19.0. The Labute approximate surface area is 242 Å². The van der Waals surface area contributed by atoms with Gasteiger partial charge in [0.2, 0.25) is 5.91 Å². The molecule has 1 amide bonds. The summed E-state index contributed by atoms with van der Waals surface area (Å²) in [5, 5.41) is 14.5. The molecule has 0 aromatic heterocycles. The molecule has 1 saturated heterocycles. The van der Waals surface area contributed by atoms with E-state index in [2.05, 4.69) is 26.0 Å². The van der Waals surface area contributed by atoms with Crippen molar-refractivity contribution in [2.75, 3.05) is 43.5 Å². The van der Waals surface area contributed by atoms with E-state index >= 15 is 0 Å². The summed E-state index contributed by atoms with van der Waals surface area (Å²) in [5.41, 5.74) is 1.84. The Morgan fingerprint density at radius 1 is 1.05 bits per heavy atom. The number of hydrazine groups is 2. The molecule has 11 nitrogen and oxygen atoms in total. The van der Waals surface area contributed by atoms with Gasteiger partial charge in [0.05, 0.1) is 17.8 Å². The zero-order chi connectivity index (χ0) is 28.9. The van der Waals surface area contributed by atoms with Crippen LogP contribution in [0.15, 0.2) is 64.8 Å². The van der Waals surface area contributed by atoms with Crippen molar-refractivity contribution in [2.24, 2.45) is 10.2 Å². The number of para-hydroxylation sites is 2. The lowest BCUT2D eigenvalue weighted by molar-refractivity contribution is -0.202. The molecule has 2 N–H and O–H groups in total. The van der Waals surface area contributed by atoms with Crippen LogP contribution in [0.5, 0.6) is 0 Å². The number of esters is 1. The van der Waals surface area contributed by atoms with Gasteiger partial charge in [0.25, 0.3) is 5.90 Å². The third kappa shape index (κ3) is 6.82. The van der Waals surface area contributed by atoms with E-state index in [1.54, 1.807) is 28.7 Å². The lowest BCUT2D eigenvalue weighted by Crippen LogP contribution is -2.57. The highest BCUT2D eigenvalue weighted by atomic mass is 127. The van der Waals surface area contributed by atoms with Crippen molar-refractivity contribution < 1.29 is 32.2 Å². The normalized spacial score (nSPS) is 17.8. The van der Waals surface area contributed by atoms with E-state index in [0.29, 0.717) is 26.2 Å². The molecule has 15 heteroatoms. The highest BCUT2D eigenvalue weighted by Crippen LogP contribution is 2.38. The van der Waals surface area contributed by atoms with Gasteiger partial charge in [-0.3, -0.25) is 4.79 Å². The first-order valence-electron chi connectivity index (χ1n) is 12.2. The van der Waals surface area contributed by atoms with Crippen LogP contribution >= 0.6 is 22.6 Å². The Balaban J connectivity index is 1.42. The van der Waals surface area contributed by atoms with Gasteiger partial charge in [-0.1, -0.05) is 42.5 Å². The van der Waals surface area contributed by atoms with Crippen molar-refractivity contribution in [1.82, 2.24) is 15.8 Å². The number of nitrogens with one attached hydrogen (secondary N) is 2. The van der Waals surface area contributed by atoms with Crippen molar-refractivity contribution in [3.8, 4) is 0 Å². The molecule has 1 atom stereocenters. The number of ether oxygens (including phenoxy) is 2. The van der Waals surface area contributed by atoms with Crippen LogP contribution in [0.25, 0.3) is 0 Å². The van der Waals surface area contributed by atoms with E-state index < -0.39 is 24.2 Å². The summed E-state index contributed by atoms with van der Waals surface area (Å²) in [6.07, 6.45) is -6.31. The predicted octanol–water partition coefficient (Wildman–Crippen LogP) is 3.60. The lowest BCUT2D eigenvalue weighted by atomic mass is 9.89. The summed E-state index contributed by atoms with van der Waals surface area (Å²) in [6.45, 7) is 3.74. The molecular weight excluding hydrogens is 646 g/mol. The summed E-state index contributed by atoms with van der Waals surface area (Å²) in [4.78, 5) is 26.9. The molecule has 40 heavy (non-hydrogen) atoms. The van der Waals surface area contributed by atoms with Crippen molar-refractivity contribution in [3.05, 3.63) is 60.2 Å². The Bertz CT molecular complexity index is 1290. The van der Waals surface area contributed by atoms with Crippen molar-refractivity contribution in [3.63, 3.8) is 0 Å². The molecule has 0 spiro atoms. The summed E-state index contributed by atoms with van der Waals surface area (Å²) in [5.74, 6) is -1.72. The number of anilines is 2. The number of hydrazone groups is 2. The van der Waals surface area contributed by atoms with Gasteiger partial charge >= 0.3 is 12.1 Å². The maximum Gasteiger partial charge on any atom is 0.392 e. The van der Waals surface area contributed by atoms with Gasteiger partial charge in [-0.05, 0) is 40.3 Å². The minimum Gasteiger partial charge on any atom is -0.400 e. The fraction of sp³-hybridized carbons (Fsp3) is 0.360. The quantitative estimate of drug-likeness (QED) is 0.339. The van der Waals surface area contributed by atoms with E-state index in [1.165, 1.54) is 36.4 Å². The highest BCUT2D eigenvalue weighted by Gasteiger charge is 2.51. The van der Waals surface area contributed by atoms with Gasteiger partial charge in [-0.15, -0.1) is 15.4 Å². The average Bonchev–Trinajstić information content (AvgIpc) is 2.93. The van der Waals surface area contributed by atoms with E-state index in [4.69, 9.17) is 9.47 Å².